The van der Waals surface area contributed by atoms with Crippen LogP contribution >= 0.6 is 11.6 Å². The second kappa shape index (κ2) is 3.55. The van der Waals surface area contributed by atoms with E-state index in [4.69, 9.17) is 17.0 Å². The normalized spacial score (nSPS) is 18.3. The summed E-state index contributed by atoms with van der Waals surface area (Å²) in [5.74, 6) is -0.465. The number of rotatable bonds is 1. The highest BCUT2D eigenvalue weighted by molar-refractivity contribution is 6.31. The summed E-state index contributed by atoms with van der Waals surface area (Å²) in [6.07, 6.45) is 0. The molecular formula is C10H9ClN2O2. The van der Waals surface area contributed by atoms with Crippen molar-refractivity contribution in [1.29, 1.82) is 5.41 Å². The molecule has 2 rings (SSSR count). The first-order valence-corrected chi connectivity index (χ1v) is 4.74. The quantitative estimate of drug-likeness (QED) is 0.714. The van der Waals surface area contributed by atoms with E-state index in [-0.39, 0.29) is 5.71 Å². The van der Waals surface area contributed by atoms with E-state index in [0.29, 0.717) is 16.3 Å². The minimum absolute atomic E-state index is 0.216. The predicted octanol–water partition coefficient (Wildman–Crippen LogP) is 1.67. The fraction of sp³-hybridized carbons (Fsp3) is 0.200. The van der Waals surface area contributed by atoms with Gasteiger partial charge in [0, 0.05) is 16.3 Å². The summed E-state index contributed by atoms with van der Waals surface area (Å²) in [6, 6.07) is 4.38. The van der Waals surface area contributed by atoms with E-state index in [1.165, 1.54) is 7.11 Å². The molecule has 0 fully saturated rings. The van der Waals surface area contributed by atoms with Crippen molar-refractivity contribution in [3.63, 3.8) is 0 Å². The van der Waals surface area contributed by atoms with Gasteiger partial charge in [-0.25, -0.2) is 4.79 Å². The number of nitrogens with one attached hydrogen (secondary N) is 2. The Morgan fingerprint density at radius 2 is 2.33 bits per heavy atom. The van der Waals surface area contributed by atoms with Gasteiger partial charge < -0.3 is 15.5 Å². The maximum atomic E-state index is 11.3. The fourth-order valence-corrected chi connectivity index (χ4v) is 1.72. The van der Waals surface area contributed by atoms with Crippen LogP contribution in [0.2, 0.25) is 5.02 Å². The molecule has 0 spiro atoms. The van der Waals surface area contributed by atoms with E-state index in [9.17, 15) is 4.79 Å². The molecule has 0 radical (unpaired) electrons. The Labute approximate surface area is 91.7 Å². The third kappa shape index (κ3) is 1.57. The Kier molecular flexibility index (Phi) is 2.36. The summed E-state index contributed by atoms with van der Waals surface area (Å²) in [7, 11) is 1.30. The molecule has 15 heavy (non-hydrogen) atoms. The number of carbonyl (C=O) groups is 1. The monoisotopic (exact) mass is 224 g/mol. The highest BCUT2D eigenvalue weighted by Gasteiger charge is 2.32. The van der Waals surface area contributed by atoms with E-state index in [1.54, 1.807) is 18.2 Å². The van der Waals surface area contributed by atoms with Crippen LogP contribution in [-0.4, -0.2) is 24.8 Å². The van der Waals surface area contributed by atoms with Crippen LogP contribution in [-0.2, 0) is 9.53 Å². The molecular weight excluding hydrogens is 216 g/mol. The lowest BCUT2D eigenvalue weighted by molar-refractivity contribution is -0.139. The van der Waals surface area contributed by atoms with Crippen LogP contribution in [0.3, 0.4) is 0 Å². The van der Waals surface area contributed by atoms with Gasteiger partial charge in [-0.2, -0.15) is 0 Å². The Morgan fingerprint density at radius 3 is 3.00 bits per heavy atom. The predicted molar refractivity (Wildman–Crippen MR) is 57.7 cm³/mol. The molecule has 1 aliphatic rings. The van der Waals surface area contributed by atoms with Gasteiger partial charge in [0.2, 0.25) is 0 Å². The van der Waals surface area contributed by atoms with Crippen LogP contribution in [0.15, 0.2) is 18.2 Å². The van der Waals surface area contributed by atoms with E-state index < -0.39 is 12.0 Å². The van der Waals surface area contributed by atoms with Gasteiger partial charge in [0.25, 0.3) is 0 Å². The molecule has 78 valence electrons. The number of ether oxygens (including phenoxy) is 1. The van der Waals surface area contributed by atoms with E-state index >= 15 is 0 Å². The minimum Gasteiger partial charge on any atom is -0.467 e. The number of halogens is 1. The van der Waals surface area contributed by atoms with Gasteiger partial charge >= 0.3 is 5.97 Å². The first kappa shape index (κ1) is 9.98. The maximum absolute atomic E-state index is 11.3. The van der Waals surface area contributed by atoms with Gasteiger partial charge in [0.1, 0.15) is 0 Å². The highest BCUT2D eigenvalue weighted by Crippen LogP contribution is 2.28. The summed E-state index contributed by atoms with van der Waals surface area (Å²) in [5.41, 5.74) is 1.60. The van der Waals surface area contributed by atoms with Crippen LogP contribution < -0.4 is 5.32 Å². The lowest BCUT2D eigenvalue weighted by Crippen LogP contribution is -2.33. The van der Waals surface area contributed by atoms with E-state index in [0.717, 1.165) is 0 Å². The summed E-state index contributed by atoms with van der Waals surface area (Å²) >= 11 is 5.81. The Bertz CT molecular complexity index is 445. The molecule has 0 bridgehead atoms. The number of esters is 1. The molecule has 4 nitrogen and oxygen atoms in total. The summed E-state index contributed by atoms with van der Waals surface area (Å²) in [5, 5.41) is 11.2. The molecule has 0 aliphatic carbocycles. The smallest absolute Gasteiger partial charge is 0.334 e. The van der Waals surface area contributed by atoms with E-state index in [2.05, 4.69) is 10.1 Å². The zero-order chi connectivity index (χ0) is 11.0. The first-order valence-electron chi connectivity index (χ1n) is 4.36. The number of carbonyl (C=O) groups excluding carboxylic acids is 1. The third-order valence-electron chi connectivity index (χ3n) is 2.30. The van der Waals surface area contributed by atoms with Crippen LogP contribution in [0.25, 0.3) is 0 Å². The van der Waals surface area contributed by atoms with Gasteiger partial charge in [-0.15, -0.1) is 0 Å². The number of anilines is 1. The second-order valence-electron chi connectivity index (χ2n) is 3.20. The molecule has 0 saturated carbocycles. The van der Waals surface area contributed by atoms with Gasteiger partial charge in [-0.05, 0) is 18.2 Å². The Hall–Kier alpha value is -1.55. The average molecular weight is 225 g/mol. The molecule has 1 heterocycles. The number of fused-ring (bicyclic) bond motifs is 1. The van der Waals surface area contributed by atoms with Crippen molar-refractivity contribution < 1.29 is 9.53 Å². The highest BCUT2D eigenvalue weighted by atomic mass is 35.5. The van der Waals surface area contributed by atoms with E-state index in [1.807, 2.05) is 0 Å². The van der Waals surface area contributed by atoms with Gasteiger partial charge in [0.15, 0.2) is 6.04 Å². The topological polar surface area (TPSA) is 62.2 Å². The van der Waals surface area contributed by atoms with Crippen molar-refractivity contribution in [2.45, 2.75) is 6.04 Å². The van der Waals surface area contributed by atoms with Crippen molar-refractivity contribution in [1.82, 2.24) is 0 Å². The lowest BCUT2D eigenvalue weighted by atomic mass is 10.1. The first-order chi connectivity index (χ1) is 7.13. The van der Waals surface area contributed by atoms with Crippen molar-refractivity contribution in [3.05, 3.63) is 28.8 Å². The van der Waals surface area contributed by atoms with Crippen LogP contribution in [0.5, 0.6) is 0 Å². The molecule has 5 heteroatoms. The van der Waals surface area contributed by atoms with Gasteiger partial charge in [-0.3, -0.25) is 0 Å². The van der Waals surface area contributed by atoms with Crippen molar-refractivity contribution in [3.8, 4) is 0 Å². The lowest BCUT2D eigenvalue weighted by Gasteiger charge is -2.07. The fourth-order valence-electron chi connectivity index (χ4n) is 1.55. The molecule has 0 aromatic heterocycles. The molecule has 1 aliphatic heterocycles. The van der Waals surface area contributed by atoms with Crippen LogP contribution in [0.1, 0.15) is 5.56 Å². The second-order valence-corrected chi connectivity index (χ2v) is 3.64. The number of hydrogen-bond donors (Lipinski definition) is 2. The van der Waals surface area contributed by atoms with Gasteiger partial charge in [-0.1, -0.05) is 11.6 Å². The Balaban J connectivity index is 2.37. The van der Waals surface area contributed by atoms with Crippen molar-refractivity contribution in [2.24, 2.45) is 0 Å². The number of benzene rings is 1. The zero-order valence-electron chi connectivity index (χ0n) is 8.00. The summed E-state index contributed by atoms with van der Waals surface area (Å²) in [4.78, 5) is 11.3. The number of methoxy groups -OCH3 is 1. The molecule has 2 N–H and O–H groups in total. The molecule has 0 saturated heterocycles. The minimum atomic E-state index is -0.719. The summed E-state index contributed by atoms with van der Waals surface area (Å²) in [6.45, 7) is 0. The summed E-state index contributed by atoms with van der Waals surface area (Å²) < 4.78 is 4.59. The SMILES string of the molecule is COC(=O)[C@@H]1Nc2cc(Cl)ccc2C1=N. The van der Waals surface area contributed by atoms with Crippen LogP contribution in [0, 0.1) is 5.41 Å². The molecule has 0 unspecified atom stereocenters. The van der Waals surface area contributed by atoms with Gasteiger partial charge in [0.05, 0.1) is 12.8 Å². The number of hydrogen-bond acceptors (Lipinski definition) is 4. The Morgan fingerprint density at radius 1 is 1.60 bits per heavy atom. The molecule has 1 aromatic rings. The molecule has 0 amide bonds. The standard InChI is InChI=1S/C10H9ClN2O2/c1-15-10(14)9-8(12)6-3-2-5(11)4-7(6)13-9/h2-4,9,12-13H,1H3/t9-/m1/s1. The zero-order valence-corrected chi connectivity index (χ0v) is 8.76. The average Bonchev–Trinajstić information content (AvgIpc) is 2.54. The molecule has 1 aromatic carbocycles. The van der Waals surface area contributed by atoms with Crippen molar-refractivity contribution >= 4 is 29.0 Å². The van der Waals surface area contributed by atoms with Crippen molar-refractivity contribution in [2.75, 3.05) is 12.4 Å². The maximum Gasteiger partial charge on any atom is 0.334 e. The third-order valence-corrected chi connectivity index (χ3v) is 2.53. The van der Waals surface area contributed by atoms with Crippen LogP contribution in [0.4, 0.5) is 5.69 Å². The molecule has 1 atom stereocenters. The largest absolute Gasteiger partial charge is 0.467 e.